The van der Waals surface area contributed by atoms with Gasteiger partial charge in [-0.05, 0) is 40.5 Å². The molecule has 1 aromatic heterocycles. The molecule has 1 aromatic rings. The van der Waals surface area contributed by atoms with Gasteiger partial charge in [0.1, 0.15) is 5.76 Å². The highest BCUT2D eigenvalue weighted by molar-refractivity contribution is 5.29. The van der Waals surface area contributed by atoms with Crippen LogP contribution in [0.3, 0.4) is 0 Å². The van der Waals surface area contributed by atoms with E-state index in [-0.39, 0.29) is 5.43 Å². The maximum Gasteiger partial charge on any atom is 0.291 e. The van der Waals surface area contributed by atoms with E-state index in [4.69, 9.17) is 9.15 Å². The first-order chi connectivity index (χ1) is 8.76. The van der Waals surface area contributed by atoms with Crippen molar-refractivity contribution in [1.82, 2.24) is 0 Å². The third-order valence-corrected chi connectivity index (χ3v) is 3.25. The summed E-state index contributed by atoms with van der Waals surface area (Å²) < 4.78 is 10.7. The number of aryl methyl sites for hydroxylation is 1. The summed E-state index contributed by atoms with van der Waals surface area (Å²) in [6, 6.07) is 0. The van der Waals surface area contributed by atoms with Crippen molar-refractivity contribution >= 4 is 0 Å². The maximum absolute atomic E-state index is 12.0. The van der Waals surface area contributed by atoms with Crippen molar-refractivity contribution in [3.8, 4) is 5.95 Å². The van der Waals surface area contributed by atoms with Crippen LogP contribution in [0.2, 0.25) is 0 Å². The molecule has 0 aliphatic heterocycles. The van der Waals surface area contributed by atoms with Gasteiger partial charge in [-0.3, -0.25) is 4.79 Å². The van der Waals surface area contributed by atoms with Crippen LogP contribution in [0.25, 0.3) is 0 Å². The zero-order valence-electron chi connectivity index (χ0n) is 12.5. The van der Waals surface area contributed by atoms with Crippen molar-refractivity contribution in [3.63, 3.8) is 0 Å². The standard InChI is InChI=1S/C15H24O4/c1-10-12(8-6-7-9-15(3,4)17)19-14(18-5)11(2)13(10)16/h17H,6-9H2,1-5H3. The van der Waals surface area contributed by atoms with E-state index in [1.807, 2.05) is 0 Å². The Bertz CT molecular complexity index is 480. The molecule has 0 aliphatic rings. The summed E-state index contributed by atoms with van der Waals surface area (Å²) in [4.78, 5) is 12.0. The van der Waals surface area contributed by atoms with Crippen molar-refractivity contribution < 1.29 is 14.3 Å². The van der Waals surface area contributed by atoms with Crippen LogP contribution in [0.4, 0.5) is 0 Å². The van der Waals surface area contributed by atoms with Gasteiger partial charge in [0, 0.05) is 12.0 Å². The van der Waals surface area contributed by atoms with E-state index >= 15 is 0 Å². The second-order valence-electron chi connectivity index (χ2n) is 5.62. The Morgan fingerprint density at radius 1 is 1.21 bits per heavy atom. The molecule has 0 saturated heterocycles. The van der Waals surface area contributed by atoms with E-state index in [2.05, 4.69) is 0 Å². The summed E-state index contributed by atoms with van der Waals surface area (Å²) in [7, 11) is 1.50. The third-order valence-electron chi connectivity index (χ3n) is 3.25. The Kier molecular flexibility index (Phi) is 5.18. The maximum atomic E-state index is 12.0. The Balaban J connectivity index is 2.74. The van der Waals surface area contributed by atoms with Gasteiger partial charge >= 0.3 is 0 Å². The van der Waals surface area contributed by atoms with E-state index in [9.17, 15) is 9.90 Å². The lowest BCUT2D eigenvalue weighted by Crippen LogP contribution is -2.18. The van der Waals surface area contributed by atoms with Crippen LogP contribution in [0.5, 0.6) is 5.95 Å². The molecule has 0 fully saturated rings. The monoisotopic (exact) mass is 268 g/mol. The zero-order chi connectivity index (χ0) is 14.6. The molecule has 0 unspecified atom stereocenters. The summed E-state index contributed by atoms with van der Waals surface area (Å²) in [5.41, 5.74) is 0.517. The van der Waals surface area contributed by atoms with Crippen molar-refractivity contribution in [1.29, 1.82) is 0 Å². The molecule has 0 bridgehead atoms. The van der Waals surface area contributed by atoms with Gasteiger partial charge in [-0.25, -0.2) is 0 Å². The Labute approximate surface area is 114 Å². The van der Waals surface area contributed by atoms with Crippen molar-refractivity contribution in [2.45, 2.75) is 59.0 Å². The van der Waals surface area contributed by atoms with Crippen LogP contribution in [-0.2, 0) is 6.42 Å². The summed E-state index contributed by atoms with van der Waals surface area (Å²) in [5.74, 6) is 0.983. The molecule has 4 heteroatoms. The van der Waals surface area contributed by atoms with Crippen LogP contribution in [0.1, 0.15) is 50.0 Å². The minimum Gasteiger partial charge on any atom is -0.468 e. The molecule has 0 aromatic carbocycles. The van der Waals surface area contributed by atoms with Gasteiger partial charge in [-0.2, -0.15) is 0 Å². The first kappa shape index (κ1) is 15.8. The van der Waals surface area contributed by atoms with Gasteiger partial charge in [-0.1, -0.05) is 6.42 Å². The molecular weight excluding hydrogens is 244 g/mol. The van der Waals surface area contributed by atoms with Gasteiger partial charge in [0.15, 0.2) is 5.43 Å². The molecule has 0 spiro atoms. The number of hydrogen-bond acceptors (Lipinski definition) is 4. The van der Waals surface area contributed by atoms with Crippen LogP contribution in [0.15, 0.2) is 9.21 Å². The minimum atomic E-state index is -0.638. The topological polar surface area (TPSA) is 59.7 Å². The van der Waals surface area contributed by atoms with E-state index < -0.39 is 5.60 Å². The first-order valence-electron chi connectivity index (χ1n) is 6.66. The van der Waals surface area contributed by atoms with Crippen LogP contribution in [-0.4, -0.2) is 17.8 Å². The predicted molar refractivity (Wildman–Crippen MR) is 74.9 cm³/mol. The van der Waals surface area contributed by atoms with Gasteiger partial charge in [0.25, 0.3) is 5.95 Å². The molecule has 108 valence electrons. The van der Waals surface area contributed by atoms with Gasteiger partial charge < -0.3 is 14.3 Å². The number of unbranched alkanes of at least 4 members (excludes halogenated alkanes) is 1. The molecule has 1 heterocycles. The van der Waals surface area contributed by atoms with Crippen molar-refractivity contribution in [2.75, 3.05) is 7.11 Å². The molecule has 0 atom stereocenters. The fourth-order valence-electron chi connectivity index (χ4n) is 2.04. The molecule has 0 radical (unpaired) electrons. The molecule has 0 amide bonds. The smallest absolute Gasteiger partial charge is 0.291 e. The summed E-state index contributed by atoms with van der Waals surface area (Å²) in [6.07, 6.45) is 3.19. The third kappa shape index (κ3) is 4.39. The summed E-state index contributed by atoms with van der Waals surface area (Å²) >= 11 is 0. The molecule has 4 nitrogen and oxygen atoms in total. The Morgan fingerprint density at radius 3 is 2.37 bits per heavy atom. The summed E-state index contributed by atoms with van der Waals surface area (Å²) in [5, 5.41) is 9.64. The fourth-order valence-corrected chi connectivity index (χ4v) is 2.04. The van der Waals surface area contributed by atoms with Crippen molar-refractivity contribution in [3.05, 3.63) is 27.1 Å². The van der Waals surface area contributed by atoms with Crippen molar-refractivity contribution in [2.24, 2.45) is 0 Å². The van der Waals surface area contributed by atoms with Crippen LogP contribution >= 0.6 is 0 Å². The van der Waals surface area contributed by atoms with Crippen LogP contribution < -0.4 is 10.2 Å². The van der Waals surface area contributed by atoms with Crippen LogP contribution in [0, 0.1) is 13.8 Å². The largest absolute Gasteiger partial charge is 0.468 e. The van der Waals surface area contributed by atoms with Gasteiger partial charge in [-0.15, -0.1) is 0 Å². The number of methoxy groups -OCH3 is 1. The summed E-state index contributed by atoms with van der Waals surface area (Å²) in [6.45, 7) is 7.08. The average Bonchev–Trinajstić information content (AvgIpc) is 2.33. The predicted octanol–water partition coefficient (Wildman–Crippen LogP) is 2.75. The SMILES string of the molecule is COc1oc(CCCCC(C)(C)O)c(C)c(=O)c1C. The molecule has 19 heavy (non-hydrogen) atoms. The van der Waals surface area contributed by atoms with E-state index in [1.54, 1.807) is 27.7 Å². The first-order valence-corrected chi connectivity index (χ1v) is 6.66. The number of hydrogen-bond donors (Lipinski definition) is 1. The van der Waals surface area contributed by atoms with E-state index in [1.165, 1.54) is 7.11 Å². The average molecular weight is 268 g/mol. The molecule has 1 N–H and O–H groups in total. The molecule has 0 aliphatic carbocycles. The fraction of sp³-hybridized carbons (Fsp3) is 0.667. The zero-order valence-corrected chi connectivity index (χ0v) is 12.5. The Hall–Kier alpha value is -1.29. The van der Waals surface area contributed by atoms with E-state index in [0.29, 0.717) is 29.3 Å². The van der Waals surface area contributed by atoms with Gasteiger partial charge in [0.05, 0.1) is 18.3 Å². The molecule has 1 rings (SSSR count). The highest BCUT2D eigenvalue weighted by Gasteiger charge is 2.15. The number of aliphatic hydroxyl groups is 1. The lowest BCUT2D eigenvalue weighted by molar-refractivity contribution is 0.0681. The number of rotatable bonds is 6. The van der Waals surface area contributed by atoms with Gasteiger partial charge in [0.2, 0.25) is 0 Å². The number of ether oxygens (including phenoxy) is 1. The highest BCUT2D eigenvalue weighted by Crippen LogP contribution is 2.21. The second-order valence-corrected chi connectivity index (χ2v) is 5.62. The lowest BCUT2D eigenvalue weighted by Gasteiger charge is -2.16. The molecular formula is C15H24O4. The minimum absolute atomic E-state index is 0.0133. The van der Waals surface area contributed by atoms with E-state index in [0.717, 1.165) is 19.3 Å². The molecule has 0 saturated carbocycles. The normalized spacial score (nSPS) is 11.7. The second kappa shape index (κ2) is 6.24. The highest BCUT2D eigenvalue weighted by atomic mass is 16.6. The quantitative estimate of drug-likeness (QED) is 0.806. The lowest BCUT2D eigenvalue weighted by atomic mass is 9.99. The Morgan fingerprint density at radius 2 is 1.84 bits per heavy atom.